The van der Waals surface area contributed by atoms with Crippen molar-refractivity contribution in [3.05, 3.63) is 0 Å². The lowest BCUT2D eigenvalue weighted by molar-refractivity contribution is -0.0959. The highest BCUT2D eigenvalue weighted by molar-refractivity contribution is 5.68. The van der Waals surface area contributed by atoms with E-state index in [1.807, 2.05) is 25.7 Å². The number of ether oxygens (including phenoxy) is 1. The Bertz CT molecular complexity index is 385. The molecule has 21 heavy (non-hydrogen) atoms. The third-order valence-electron chi connectivity index (χ3n) is 5.03. The zero-order valence-corrected chi connectivity index (χ0v) is 13.8. The van der Waals surface area contributed by atoms with Gasteiger partial charge in [-0.15, -0.1) is 0 Å². The first-order valence-electron chi connectivity index (χ1n) is 8.03. The lowest BCUT2D eigenvalue weighted by Gasteiger charge is -2.54. The number of rotatable bonds is 2. The molecule has 2 rings (SSSR count). The summed E-state index contributed by atoms with van der Waals surface area (Å²) in [5.74, 6) is 0.881. The molecule has 0 bridgehead atoms. The molecule has 2 aliphatic rings. The minimum absolute atomic E-state index is 0.0822. The van der Waals surface area contributed by atoms with Gasteiger partial charge in [0.25, 0.3) is 0 Å². The van der Waals surface area contributed by atoms with Crippen molar-refractivity contribution in [2.75, 3.05) is 19.6 Å². The van der Waals surface area contributed by atoms with Gasteiger partial charge in [-0.2, -0.15) is 0 Å². The van der Waals surface area contributed by atoms with Crippen LogP contribution in [-0.2, 0) is 4.74 Å². The minimum atomic E-state index is -0.451. The predicted octanol–water partition coefficient (Wildman–Crippen LogP) is 1.98. The Balaban J connectivity index is 1.95. The van der Waals surface area contributed by atoms with Gasteiger partial charge in [-0.3, -0.25) is 0 Å². The van der Waals surface area contributed by atoms with Crippen molar-refractivity contribution in [3.8, 4) is 0 Å². The van der Waals surface area contributed by atoms with Gasteiger partial charge < -0.3 is 20.5 Å². The lowest BCUT2D eigenvalue weighted by atomic mass is 9.55. The molecule has 1 saturated carbocycles. The van der Waals surface area contributed by atoms with Gasteiger partial charge in [0.15, 0.2) is 0 Å². The summed E-state index contributed by atoms with van der Waals surface area (Å²) >= 11 is 0. The van der Waals surface area contributed by atoms with Crippen molar-refractivity contribution in [1.29, 1.82) is 0 Å². The summed E-state index contributed by atoms with van der Waals surface area (Å²) in [6.07, 6.45) is 2.16. The quantitative estimate of drug-likeness (QED) is 0.817. The Labute approximate surface area is 127 Å². The second kappa shape index (κ2) is 5.76. The molecule has 1 aliphatic carbocycles. The molecule has 0 spiro atoms. The standard InChI is InChI=1S/C16H30N2O3/c1-11-9-18(14(20)21-15(2,3)4)6-5-13(11)16(10-17)7-12(19)8-16/h11-13,19H,5-10,17H2,1-4H3. The first-order valence-corrected chi connectivity index (χ1v) is 8.03. The van der Waals surface area contributed by atoms with Crippen molar-refractivity contribution < 1.29 is 14.6 Å². The van der Waals surface area contributed by atoms with Crippen molar-refractivity contribution in [1.82, 2.24) is 4.90 Å². The molecule has 3 N–H and O–H groups in total. The number of likely N-dealkylation sites (tertiary alicyclic amines) is 1. The molecule has 1 aliphatic heterocycles. The number of aliphatic hydroxyl groups is 1. The van der Waals surface area contributed by atoms with Crippen LogP contribution in [0.2, 0.25) is 0 Å². The third-order valence-corrected chi connectivity index (χ3v) is 5.03. The molecule has 0 aromatic carbocycles. The number of aliphatic hydroxyl groups excluding tert-OH is 1. The van der Waals surface area contributed by atoms with Crippen LogP contribution in [0.1, 0.15) is 47.0 Å². The Morgan fingerprint density at radius 1 is 1.43 bits per heavy atom. The second-order valence-corrected chi connectivity index (χ2v) is 7.93. The fourth-order valence-electron chi connectivity index (χ4n) is 4.05. The third kappa shape index (κ3) is 3.51. The summed E-state index contributed by atoms with van der Waals surface area (Å²) in [5, 5.41) is 9.66. The fourth-order valence-corrected chi connectivity index (χ4v) is 4.05. The number of carbonyl (C=O) groups is 1. The number of amides is 1. The van der Waals surface area contributed by atoms with Crippen LogP contribution in [0.5, 0.6) is 0 Å². The molecule has 5 nitrogen and oxygen atoms in total. The average Bonchev–Trinajstić information content (AvgIpc) is 2.33. The summed E-state index contributed by atoms with van der Waals surface area (Å²) in [6.45, 7) is 9.93. The number of nitrogens with two attached hydrogens (primary N) is 1. The fraction of sp³-hybridized carbons (Fsp3) is 0.938. The smallest absolute Gasteiger partial charge is 0.410 e. The highest BCUT2D eigenvalue weighted by atomic mass is 16.6. The van der Waals surface area contributed by atoms with Gasteiger partial charge in [0.2, 0.25) is 0 Å². The number of hydrogen-bond donors (Lipinski definition) is 2. The molecule has 0 radical (unpaired) electrons. The maximum absolute atomic E-state index is 12.2. The lowest BCUT2D eigenvalue weighted by Crippen LogP contribution is -2.57. The molecule has 2 unspecified atom stereocenters. The van der Waals surface area contributed by atoms with Crippen molar-refractivity contribution in [3.63, 3.8) is 0 Å². The van der Waals surface area contributed by atoms with E-state index >= 15 is 0 Å². The van der Waals surface area contributed by atoms with Crippen LogP contribution in [-0.4, -0.2) is 47.4 Å². The number of hydrogen-bond acceptors (Lipinski definition) is 4. The van der Waals surface area contributed by atoms with E-state index in [-0.39, 0.29) is 17.6 Å². The highest BCUT2D eigenvalue weighted by Gasteiger charge is 2.51. The van der Waals surface area contributed by atoms with E-state index < -0.39 is 5.60 Å². The predicted molar refractivity (Wildman–Crippen MR) is 81.8 cm³/mol. The van der Waals surface area contributed by atoms with Crippen LogP contribution in [0, 0.1) is 17.3 Å². The van der Waals surface area contributed by atoms with Crippen molar-refractivity contribution in [2.45, 2.75) is 58.7 Å². The van der Waals surface area contributed by atoms with E-state index in [1.165, 1.54) is 0 Å². The van der Waals surface area contributed by atoms with E-state index in [2.05, 4.69) is 6.92 Å². The average molecular weight is 298 g/mol. The largest absolute Gasteiger partial charge is 0.444 e. The monoisotopic (exact) mass is 298 g/mol. The van der Waals surface area contributed by atoms with Gasteiger partial charge in [-0.1, -0.05) is 6.92 Å². The summed E-state index contributed by atoms with van der Waals surface area (Å²) in [5.41, 5.74) is 5.62. The molecule has 0 aromatic rings. The molecule has 1 saturated heterocycles. The Hall–Kier alpha value is -0.810. The van der Waals surface area contributed by atoms with Crippen LogP contribution in [0.4, 0.5) is 4.79 Å². The zero-order chi connectivity index (χ0) is 15.8. The van der Waals surface area contributed by atoms with E-state index in [1.54, 1.807) is 0 Å². The van der Waals surface area contributed by atoms with Crippen molar-refractivity contribution >= 4 is 6.09 Å². The Morgan fingerprint density at radius 2 is 2.05 bits per heavy atom. The normalized spacial score (nSPS) is 37.0. The molecule has 1 heterocycles. The Kier molecular flexibility index (Phi) is 4.54. The maximum atomic E-state index is 12.2. The number of carbonyl (C=O) groups excluding carboxylic acids is 1. The molecule has 2 atom stereocenters. The maximum Gasteiger partial charge on any atom is 0.410 e. The molecule has 5 heteroatoms. The summed E-state index contributed by atoms with van der Waals surface area (Å²) in [4.78, 5) is 14.0. The van der Waals surface area contributed by atoms with Gasteiger partial charge in [-0.25, -0.2) is 4.79 Å². The summed E-state index contributed by atoms with van der Waals surface area (Å²) in [6, 6.07) is 0. The molecule has 0 aromatic heterocycles. The van der Waals surface area contributed by atoms with E-state index in [4.69, 9.17) is 10.5 Å². The Morgan fingerprint density at radius 3 is 2.48 bits per heavy atom. The molecular weight excluding hydrogens is 268 g/mol. The van der Waals surface area contributed by atoms with Crippen LogP contribution < -0.4 is 5.73 Å². The van der Waals surface area contributed by atoms with Crippen LogP contribution in [0.3, 0.4) is 0 Å². The minimum Gasteiger partial charge on any atom is -0.444 e. The van der Waals surface area contributed by atoms with Crippen LogP contribution >= 0.6 is 0 Å². The first kappa shape index (κ1) is 16.6. The summed E-state index contributed by atoms with van der Waals surface area (Å²) in [7, 11) is 0. The van der Waals surface area contributed by atoms with Gasteiger partial charge >= 0.3 is 6.09 Å². The van der Waals surface area contributed by atoms with Gasteiger partial charge in [0.1, 0.15) is 5.60 Å². The molecule has 122 valence electrons. The van der Waals surface area contributed by atoms with Crippen LogP contribution in [0.15, 0.2) is 0 Å². The highest BCUT2D eigenvalue weighted by Crippen LogP contribution is 2.51. The van der Waals surface area contributed by atoms with Crippen LogP contribution in [0.25, 0.3) is 0 Å². The topological polar surface area (TPSA) is 75.8 Å². The number of piperidine rings is 1. The summed E-state index contributed by atoms with van der Waals surface area (Å²) < 4.78 is 5.45. The zero-order valence-electron chi connectivity index (χ0n) is 13.8. The molecular formula is C16H30N2O3. The second-order valence-electron chi connectivity index (χ2n) is 7.93. The van der Waals surface area contributed by atoms with Gasteiger partial charge in [-0.05, 0) is 63.8 Å². The van der Waals surface area contributed by atoms with Gasteiger partial charge in [0, 0.05) is 13.1 Å². The van der Waals surface area contributed by atoms with Gasteiger partial charge in [0.05, 0.1) is 6.10 Å². The molecule has 1 amide bonds. The SMILES string of the molecule is CC1CN(C(=O)OC(C)(C)C)CCC1C1(CN)CC(O)C1. The molecule has 2 fully saturated rings. The van der Waals surface area contributed by atoms with E-state index in [0.717, 1.165) is 32.4 Å². The van der Waals surface area contributed by atoms with E-state index in [9.17, 15) is 9.90 Å². The van der Waals surface area contributed by atoms with Crippen molar-refractivity contribution in [2.24, 2.45) is 23.0 Å². The first-order chi connectivity index (χ1) is 9.67. The van der Waals surface area contributed by atoms with E-state index in [0.29, 0.717) is 18.4 Å². The number of nitrogens with zero attached hydrogens (tertiary/aromatic N) is 1.